The Morgan fingerprint density at radius 2 is 2.00 bits per heavy atom. The van der Waals surface area contributed by atoms with Crippen molar-refractivity contribution in [3.05, 3.63) is 57.0 Å². The number of fused-ring (bicyclic) bond motifs is 1. The number of aliphatic hydroxyl groups excluding tert-OH is 1. The summed E-state index contributed by atoms with van der Waals surface area (Å²) in [5.74, 6) is -0.311. The Labute approximate surface area is 146 Å². The summed E-state index contributed by atoms with van der Waals surface area (Å²) in [7, 11) is 0. The molecule has 2 heterocycles. The predicted molar refractivity (Wildman–Crippen MR) is 89.4 cm³/mol. The van der Waals surface area contributed by atoms with Gasteiger partial charge in [0.1, 0.15) is 0 Å². The third-order valence-electron chi connectivity index (χ3n) is 4.15. The van der Waals surface area contributed by atoms with Crippen molar-refractivity contribution in [1.29, 1.82) is 0 Å². The van der Waals surface area contributed by atoms with Crippen LogP contribution in [-0.4, -0.2) is 28.7 Å². The van der Waals surface area contributed by atoms with Crippen molar-refractivity contribution >= 4 is 12.0 Å². The number of aliphatic imine (C=N–C) groups is 1. The Hall–Kier alpha value is -2.74. The molecular formula is C18H15F3N2O3. The van der Waals surface area contributed by atoms with Crippen molar-refractivity contribution < 1.29 is 23.1 Å². The van der Waals surface area contributed by atoms with Crippen LogP contribution in [0.5, 0.6) is 0 Å². The van der Waals surface area contributed by atoms with Gasteiger partial charge in [0, 0.05) is 42.1 Å². The minimum absolute atomic E-state index is 0.0180. The minimum Gasteiger partial charge on any atom is -0.396 e. The molecule has 0 radical (unpaired) electrons. The summed E-state index contributed by atoms with van der Waals surface area (Å²) in [4.78, 5) is 30.8. The van der Waals surface area contributed by atoms with Crippen LogP contribution >= 0.6 is 0 Å². The second-order valence-corrected chi connectivity index (χ2v) is 5.95. The molecule has 26 heavy (non-hydrogen) atoms. The van der Waals surface area contributed by atoms with Crippen molar-refractivity contribution in [3.63, 3.8) is 0 Å². The van der Waals surface area contributed by atoms with E-state index in [4.69, 9.17) is 5.11 Å². The molecule has 1 aromatic carbocycles. The number of hydrogen-bond acceptors (Lipinski definition) is 4. The lowest BCUT2D eigenvalue weighted by molar-refractivity contribution is -0.137. The van der Waals surface area contributed by atoms with Gasteiger partial charge in [-0.15, -0.1) is 0 Å². The van der Waals surface area contributed by atoms with E-state index >= 15 is 0 Å². The molecule has 2 aromatic rings. The lowest BCUT2D eigenvalue weighted by atomic mass is 9.93. The smallest absolute Gasteiger partial charge is 0.396 e. The summed E-state index contributed by atoms with van der Waals surface area (Å²) in [6.45, 7) is -0.0428. The highest BCUT2D eigenvalue weighted by molar-refractivity contribution is 5.98. The van der Waals surface area contributed by atoms with Gasteiger partial charge < -0.3 is 10.1 Å². The van der Waals surface area contributed by atoms with Crippen molar-refractivity contribution in [3.8, 4) is 11.1 Å². The maximum Gasteiger partial charge on any atom is 0.416 e. The first-order valence-corrected chi connectivity index (χ1v) is 7.92. The van der Waals surface area contributed by atoms with Gasteiger partial charge in [0.2, 0.25) is 0 Å². The molecule has 0 fully saturated rings. The average molecular weight is 364 g/mol. The lowest BCUT2D eigenvalue weighted by Crippen LogP contribution is -2.14. The van der Waals surface area contributed by atoms with E-state index in [9.17, 15) is 22.8 Å². The Morgan fingerprint density at radius 3 is 2.69 bits per heavy atom. The molecule has 1 aliphatic heterocycles. The number of aromatic nitrogens is 1. The molecule has 0 atom stereocenters. The van der Waals surface area contributed by atoms with Crippen LogP contribution in [0.25, 0.3) is 11.1 Å². The number of aromatic amines is 1. The number of benzene rings is 1. The Balaban J connectivity index is 2.14. The highest BCUT2D eigenvalue weighted by Gasteiger charge is 2.33. The van der Waals surface area contributed by atoms with E-state index in [2.05, 4.69) is 9.98 Å². The lowest BCUT2D eigenvalue weighted by Gasteiger charge is -2.13. The zero-order chi connectivity index (χ0) is 18.9. The number of H-pyrrole nitrogens is 1. The summed E-state index contributed by atoms with van der Waals surface area (Å²) in [6.07, 6.45) is -1.56. The van der Waals surface area contributed by atoms with Crippen LogP contribution in [0.3, 0.4) is 0 Å². The number of carbonyl (C=O) groups is 1. The number of nitrogens with one attached hydrogen (secondary N) is 1. The molecule has 3 rings (SSSR count). The molecule has 0 unspecified atom stereocenters. The van der Waals surface area contributed by atoms with Crippen LogP contribution in [0.2, 0.25) is 0 Å². The van der Waals surface area contributed by atoms with Gasteiger partial charge in [-0.25, -0.2) is 0 Å². The number of halogens is 3. The van der Waals surface area contributed by atoms with Gasteiger partial charge in [-0.1, -0.05) is 0 Å². The Bertz CT molecular complexity index is 946. The van der Waals surface area contributed by atoms with Crippen LogP contribution in [-0.2, 0) is 12.7 Å². The van der Waals surface area contributed by atoms with Crippen LogP contribution in [0.15, 0.2) is 34.2 Å². The molecule has 0 saturated heterocycles. The number of nitrogens with zero attached hydrogens (tertiary/aromatic N) is 1. The number of hydrogen-bond donors (Lipinski definition) is 2. The fourth-order valence-electron chi connectivity index (χ4n) is 2.85. The van der Waals surface area contributed by atoms with Crippen molar-refractivity contribution in [2.75, 3.05) is 6.61 Å². The summed E-state index contributed by atoms with van der Waals surface area (Å²) in [5.41, 5.74) is -0.382. The topological polar surface area (TPSA) is 82.5 Å². The molecule has 0 spiro atoms. The van der Waals surface area contributed by atoms with E-state index < -0.39 is 17.3 Å². The fourth-order valence-corrected chi connectivity index (χ4v) is 2.85. The maximum atomic E-state index is 13.2. The van der Waals surface area contributed by atoms with Gasteiger partial charge in [-0.3, -0.25) is 14.6 Å². The zero-order valence-electron chi connectivity index (χ0n) is 13.6. The number of ketones is 1. The largest absolute Gasteiger partial charge is 0.416 e. The standard InChI is InChI=1S/C18H15F3N2O3/c19-18(20,21)12-4-10-7-22-9-15(10)13(6-12)14-5-11(8-23-17(14)26)16(25)2-1-3-24/h4-6,8-9,24H,1-3,7H2,(H,23,26). The van der Waals surface area contributed by atoms with E-state index in [-0.39, 0.29) is 48.5 Å². The average Bonchev–Trinajstić information content (AvgIpc) is 3.07. The highest BCUT2D eigenvalue weighted by atomic mass is 19.4. The molecule has 2 N–H and O–H groups in total. The number of Topliss-reactive ketones (excluding diaryl/α,β-unsaturated/α-hetero) is 1. The zero-order valence-corrected chi connectivity index (χ0v) is 13.6. The van der Waals surface area contributed by atoms with Gasteiger partial charge in [-0.05, 0) is 35.7 Å². The van der Waals surface area contributed by atoms with Crippen molar-refractivity contribution in [2.24, 2.45) is 4.99 Å². The van der Waals surface area contributed by atoms with Crippen LogP contribution in [0.4, 0.5) is 13.2 Å². The summed E-state index contributed by atoms with van der Waals surface area (Å²) in [6, 6.07) is 3.22. The summed E-state index contributed by atoms with van der Waals surface area (Å²) < 4.78 is 39.6. The van der Waals surface area contributed by atoms with E-state index in [1.165, 1.54) is 18.5 Å². The quantitative estimate of drug-likeness (QED) is 0.801. The Kier molecular flexibility index (Phi) is 4.78. The number of alkyl halides is 3. The van der Waals surface area contributed by atoms with Gasteiger partial charge >= 0.3 is 6.18 Å². The SMILES string of the molecule is O=C(CCCO)c1c[nH]c(=O)c(-c2cc(C(F)(F)F)cc3c2C=NC3)c1. The molecule has 0 bridgehead atoms. The first kappa shape index (κ1) is 18.1. The van der Waals surface area contributed by atoms with Gasteiger partial charge in [0.25, 0.3) is 5.56 Å². The molecular weight excluding hydrogens is 349 g/mol. The number of aliphatic hydroxyl groups is 1. The van der Waals surface area contributed by atoms with Crippen molar-refractivity contribution in [1.82, 2.24) is 4.98 Å². The second-order valence-electron chi connectivity index (χ2n) is 5.95. The third-order valence-corrected chi connectivity index (χ3v) is 4.15. The van der Waals surface area contributed by atoms with E-state index in [1.54, 1.807) is 0 Å². The number of carbonyl (C=O) groups excluding carboxylic acids is 1. The first-order valence-electron chi connectivity index (χ1n) is 7.92. The molecule has 0 saturated carbocycles. The molecule has 1 aromatic heterocycles. The second kappa shape index (κ2) is 6.87. The van der Waals surface area contributed by atoms with Gasteiger partial charge in [0.15, 0.2) is 5.78 Å². The number of rotatable bonds is 5. The summed E-state index contributed by atoms with van der Waals surface area (Å²) >= 11 is 0. The first-order chi connectivity index (χ1) is 12.3. The molecule has 136 valence electrons. The van der Waals surface area contributed by atoms with E-state index in [1.807, 2.05) is 0 Å². The van der Waals surface area contributed by atoms with Gasteiger partial charge in [0.05, 0.1) is 12.1 Å². The number of pyridine rings is 1. The minimum atomic E-state index is -4.56. The monoisotopic (exact) mass is 364 g/mol. The van der Waals surface area contributed by atoms with E-state index in [0.717, 1.165) is 12.1 Å². The third kappa shape index (κ3) is 3.45. The normalized spacial score (nSPS) is 13.1. The van der Waals surface area contributed by atoms with E-state index in [0.29, 0.717) is 11.1 Å². The van der Waals surface area contributed by atoms with Crippen molar-refractivity contribution in [2.45, 2.75) is 25.6 Å². The molecule has 8 heteroatoms. The van der Waals surface area contributed by atoms with Gasteiger partial charge in [-0.2, -0.15) is 13.2 Å². The van der Waals surface area contributed by atoms with Crippen LogP contribution < -0.4 is 5.56 Å². The fraction of sp³-hybridized carbons (Fsp3) is 0.278. The maximum absolute atomic E-state index is 13.2. The van der Waals surface area contributed by atoms with Crippen LogP contribution in [0, 0.1) is 0 Å². The summed E-state index contributed by atoms with van der Waals surface area (Å²) in [5, 5.41) is 8.82. The molecule has 0 amide bonds. The molecule has 0 aliphatic carbocycles. The molecule has 1 aliphatic rings. The Morgan fingerprint density at radius 1 is 1.23 bits per heavy atom. The van der Waals surface area contributed by atoms with Crippen LogP contribution in [0.1, 0.15) is 39.9 Å². The highest BCUT2D eigenvalue weighted by Crippen LogP contribution is 2.36. The molecule has 5 nitrogen and oxygen atoms in total. The predicted octanol–water partition coefficient (Wildman–Crippen LogP) is 2.95.